The summed E-state index contributed by atoms with van der Waals surface area (Å²) in [5, 5.41) is 2.99. The summed E-state index contributed by atoms with van der Waals surface area (Å²) < 4.78 is 5.32. The topological polar surface area (TPSA) is 70.6 Å². The summed E-state index contributed by atoms with van der Waals surface area (Å²) in [5.41, 5.74) is 0.521. The van der Waals surface area contributed by atoms with Crippen LogP contribution in [0.25, 0.3) is 0 Å². The predicted octanol–water partition coefficient (Wildman–Crippen LogP) is 0.775. The molecule has 3 heterocycles. The van der Waals surface area contributed by atoms with E-state index in [1.54, 1.807) is 12.4 Å². The molecule has 24 heavy (non-hydrogen) atoms. The molecule has 1 unspecified atom stereocenters. The quantitative estimate of drug-likeness (QED) is 0.858. The van der Waals surface area contributed by atoms with Gasteiger partial charge < -0.3 is 19.9 Å². The highest BCUT2D eigenvalue weighted by Crippen LogP contribution is 2.17. The second-order valence-corrected chi connectivity index (χ2v) is 6.69. The molecule has 0 aliphatic carbocycles. The molecule has 2 aliphatic heterocycles. The van der Waals surface area contributed by atoms with Crippen molar-refractivity contribution in [2.45, 2.75) is 19.3 Å². The van der Waals surface area contributed by atoms with Crippen LogP contribution in [-0.4, -0.2) is 73.8 Å². The second-order valence-electron chi connectivity index (χ2n) is 6.69. The Bertz CT molecular complexity index is 530. The number of morpholine rings is 1. The highest BCUT2D eigenvalue weighted by Gasteiger charge is 2.18. The van der Waals surface area contributed by atoms with Gasteiger partial charge in [-0.25, -0.2) is 9.97 Å². The number of amides is 1. The van der Waals surface area contributed by atoms with Crippen LogP contribution in [-0.2, 0) is 4.74 Å². The first kappa shape index (κ1) is 17.1. The van der Waals surface area contributed by atoms with E-state index >= 15 is 0 Å². The van der Waals surface area contributed by atoms with Crippen molar-refractivity contribution in [2.75, 3.05) is 57.9 Å². The number of piperidine rings is 1. The van der Waals surface area contributed by atoms with Gasteiger partial charge in [0, 0.05) is 38.6 Å². The van der Waals surface area contributed by atoms with Crippen molar-refractivity contribution in [1.82, 2.24) is 20.2 Å². The largest absolute Gasteiger partial charge is 0.378 e. The molecule has 7 heteroatoms. The van der Waals surface area contributed by atoms with E-state index in [2.05, 4.69) is 32.1 Å². The number of carbonyl (C=O) groups is 1. The van der Waals surface area contributed by atoms with Crippen LogP contribution in [0.5, 0.6) is 0 Å². The lowest BCUT2D eigenvalue weighted by atomic mass is 9.95. The van der Waals surface area contributed by atoms with E-state index < -0.39 is 0 Å². The van der Waals surface area contributed by atoms with Crippen molar-refractivity contribution in [3.05, 3.63) is 18.0 Å². The lowest BCUT2D eigenvalue weighted by Gasteiger charge is -2.29. The first-order valence-electron chi connectivity index (χ1n) is 8.84. The Kier molecular flexibility index (Phi) is 5.98. The van der Waals surface area contributed by atoms with Gasteiger partial charge in [-0.05, 0) is 38.8 Å². The minimum atomic E-state index is -0.0901. The maximum Gasteiger partial charge on any atom is 0.254 e. The number of nitrogens with zero attached hydrogens (tertiary/aromatic N) is 4. The lowest BCUT2D eigenvalue weighted by molar-refractivity contribution is 0.0947. The summed E-state index contributed by atoms with van der Waals surface area (Å²) in [6, 6.07) is 0. The summed E-state index contributed by atoms with van der Waals surface area (Å²) in [7, 11) is 2.16. The number of hydrogen-bond acceptors (Lipinski definition) is 6. The lowest BCUT2D eigenvalue weighted by Crippen LogP contribution is -2.37. The monoisotopic (exact) mass is 333 g/mol. The van der Waals surface area contributed by atoms with Gasteiger partial charge in [-0.15, -0.1) is 0 Å². The van der Waals surface area contributed by atoms with E-state index in [9.17, 15) is 4.79 Å². The fraction of sp³-hybridized carbons (Fsp3) is 0.706. The first-order valence-corrected chi connectivity index (χ1v) is 8.84. The molecule has 1 N–H and O–H groups in total. The standard InChI is InChI=1S/C17H27N5O2/c1-21-6-2-3-14(13-21)4-5-18-16(23)15-11-19-17(20-12-15)22-7-9-24-10-8-22/h11-12,14H,2-10,13H2,1H3,(H,18,23). The Morgan fingerprint density at radius 2 is 2.04 bits per heavy atom. The minimum absolute atomic E-state index is 0.0901. The Morgan fingerprint density at radius 1 is 1.29 bits per heavy atom. The van der Waals surface area contributed by atoms with Crippen molar-refractivity contribution in [3.63, 3.8) is 0 Å². The van der Waals surface area contributed by atoms with Crippen molar-refractivity contribution in [2.24, 2.45) is 5.92 Å². The van der Waals surface area contributed by atoms with Crippen molar-refractivity contribution in [1.29, 1.82) is 0 Å². The molecular weight excluding hydrogens is 306 g/mol. The van der Waals surface area contributed by atoms with Gasteiger partial charge in [0.2, 0.25) is 5.95 Å². The molecule has 1 aromatic rings. The zero-order valence-electron chi connectivity index (χ0n) is 14.4. The number of likely N-dealkylation sites (tertiary alicyclic amines) is 1. The summed E-state index contributed by atoms with van der Waals surface area (Å²) in [6.45, 7) is 6.01. The zero-order valence-corrected chi connectivity index (χ0v) is 14.4. The van der Waals surface area contributed by atoms with Gasteiger partial charge in [0.05, 0.1) is 18.8 Å². The highest BCUT2D eigenvalue weighted by molar-refractivity contribution is 5.93. The smallest absolute Gasteiger partial charge is 0.254 e. The molecule has 132 valence electrons. The van der Waals surface area contributed by atoms with E-state index in [0.29, 0.717) is 37.2 Å². The SMILES string of the molecule is CN1CCCC(CCNC(=O)c2cnc(N3CCOCC3)nc2)C1. The molecule has 2 saturated heterocycles. The molecule has 2 aliphatic rings. The number of anilines is 1. The molecule has 3 rings (SSSR count). The fourth-order valence-corrected chi connectivity index (χ4v) is 3.37. The summed E-state index contributed by atoms with van der Waals surface area (Å²) >= 11 is 0. The molecule has 0 radical (unpaired) electrons. The molecular formula is C17H27N5O2. The Hall–Kier alpha value is -1.73. The van der Waals surface area contributed by atoms with Crippen molar-refractivity contribution >= 4 is 11.9 Å². The van der Waals surface area contributed by atoms with Crippen LogP contribution in [0.3, 0.4) is 0 Å². The number of carbonyl (C=O) groups excluding carboxylic acids is 1. The molecule has 0 aromatic carbocycles. The number of ether oxygens (including phenoxy) is 1. The highest BCUT2D eigenvalue weighted by atomic mass is 16.5. The third kappa shape index (κ3) is 4.64. The zero-order chi connectivity index (χ0) is 16.8. The number of aromatic nitrogens is 2. The molecule has 7 nitrogen and oxygen atoms in total. The van der Waals surface area contributed by atoms with Gasteiger partial charge in [-0.3, -0.25) is 4.79 Å². The average Bonchev–Trinajstić information content (AvgIpc) is 2.63. The molecule has 0 bridgehead atoms. The molecule has 0 saturated carbocycles. The van der Waals surface area contributed by atoms with E-state index in [4.69, 9.17) is 4.74 Å². The molecule has 1 atom stereocenters. The van der Waals surface area contributed by atoms with Crippen LogP contribution in [0.4, 0.5) is 5.95 Å². The van der Waals surface area contributed by atoms with E-state index in [-0.39, 0.29) is 5.91 Å². The van der Waals surface area contributed by atoms with Gasteiger partial charge in [-0.1, -0.05) is 0 Å². The van der Waals surface area contributed by atoms with Crippen molar-refractivity contribution < 1.29 is 9.53 Å². The molecule has 1 aromatic heterocycles. The van der Waals surface area contributed by atoms with Crippen molar-refractivity contribution in [3.8, 4) is 0 Å². The Balaban J connectivity index is 1.44. The van der Waals surface area contributed by atoms with Crippen LogP contribution in [0.1, 0.15) is 29.6 Å². The average molecular weight is 333 g/mol. The van der Waals surface area contributed by atoms with Crippen LogP contribution in [0.15, 0.2) is 12.4 Å². The van der Waals surface area contributed by atoms with E-state index in [1.165, 1.54) is 19.4 Å². The van der Waals surface area contributed by atoms with Gasteiger partial charge in [-0.2, -0.15) is 0 Å². The second kappa shape index (κ2) is 8.39. The number of hydrogen-bond donors (Lipinski definition) is 1. The number of nitrogens with one attached hydrogen (secondary N) is 1. The van der Waals surface area contributed by atoms with Gasteiger partial charge in [0.1, 0.15) is 0 Å². The number of rotatable bonds is 5. The molecule has 0 spiro atoms. The summed E-state index contributed by atoms with van der Waals surface area (Å²) in [5.74, 6) is 1.26. The van der Waals surface area contributed by atoms with Gasteiger partial charge in [0.25, 0.3) is 5.91 Å². The van der Waals surface area contributed by atoms with Crippen LogP contribution in [0.2, 0.25) is 0 Å². The van der Waals surface area contributed by atoms with Crippen LogP contribution in [0, 0.1) is 5.92 Å². The minimum Gasteiger partial charge on any atom is -0.378 e. The summed E-state index contributed by atoms with van der Waals surface area (Å²) in [6.07, 6.45) is 6.77. The van der Waals surface area contributed by atoms with Gasteiger partial charge >= 0.3 is 0 Å². The third-order valence-electron chi connectivity index (χ3n) is 4.75. The molecule has 1 amide bonds. The predicted molar refractivity (Wildman–Crippen MR) is 92.2 cm³/mol. The van der Waals surface area contributed by atoms with E-state index in [0.717, 1.165) is 26.1 Å². The normalized spacial score (nSPS) is 22.4. The first-order chi connectivity index (χ1) is 11.7. The van der Waals surface area contributed by atoms with Crippen LogP contribution < -0.4 is 10.2 Å². The maximum absolute atomic E-state index is 12.2. The fourth-order valence-electron chi connectivity index (χ4n) is 3.37. The van der Waals surface area contributed by atoms with Gasteiger partial charge in [0.15, 0.2) is 0 Å². The maximum atomic E-state index is 12.2. The Morgan fingerprint density at radius 3 is 2.75 bits per heavy atom. The third-order valence-corrected chi connectivity index (χ3v) is 4.75. The summed E-state index contributed by atoms with van der Waals surface area (Å²) in [4.78, 5) is 25.3. The Labute approximate surface area is 143 Å². The van der Waals surface area contributed by atoms with E-state index in [1.807, 2.05) is 0 Å². The molecule has 2 fully saturated rings. The van der Waals surface area contributed by atoms with Crippen LogP contribution >= 0.6 is 0 Å².